The van der Waals surface area contributed by atoms with Crippen LogP contribution in [0.25, 0.3) is 0 Å². The maximum Gasteiger partial charge on any atom is 0.181 e. The predicted octanol–water partition coefficient (Wildman–Crippen LogP) is 1.87. The zero-order valence-corrected chi connectivity index (χ0v) is 9.50. The number of alkyl halides is 3. The second kappa shape index (κ2) is 6.74. The van der Waals surface area contributed by atoms with Gasteiger partial charge >= 0.3 is 0 Å². The highest BCUT2D eigenvalue weighted by atomic mass is 35.5. The number of halogens is 3. The molecule has 0 rings (SSSR count). The van der Waals surface area contributed by atoms with Crippen LogP contribution in [0, 0.1) is 0 Å². The van der Waals surface area contributed by atoms with Gasteiger partial charge in [-0.1, -0.05) is 18.5 Å². The van der Waals surface area contributed by atoms with E-state index in [0.29, 0.717) is 5.88 Å². The molecule has 0 aliphatic rings. The van der Waals surface area contributed by atoms with Crippen molar-refractivity contribution in [1.29, 1.82) is 0 Å². The van der Waals surface area contributed by atoms with Gasteiger partial charge in [-0.15, -0.1) is 23.2 Å². The third-order valence-corrected chi connectivity index (χ3v) is 4.17. The lowest BCUT2D eigenvalue weighted by molar-refractivity contribution is 0.319. The zero-order chi connectivity index (χ0) is 7.98. The summed E-state index contributed by atoms with van der Waals surface area (Å²) in [6.45, 7) is 2.03. The van der Waals surface area contributed by atoms with E-state index >= 15 is 0 Å². The van der Waals surface area contributed by atoms with E-state index in [4.69, 9.17) is 39.2 Å². The fourth-order valence-corrected chi connectivity index (χ4v) is 1.82. The second-order valence-electron chi connectivity index (χ2n) is 1.90. The molecule has 2 unspecified atom stereocenters. The minimum atomic E-state index is -0.674. The van der Waals surface area contributed by atoms with Crippen LogP contribution >= 0.6 is 34.8 Å². The molecule has 0 aromatic heterocycles. The summed E-state index contributed by atoms with van der Waals surface area (Å²) >= 11 is 16.8. The largest absolute Gasteiger partial charge is 0.406 e. The molecule has 0 aromatic rings. The summed E-state index contributed by atoms with van der Waals surface area (Å²) in [4.78, 5) is 0. The van der Waals surface area contributed by atoms with Gasteiger partial charge in [-0.05, 0) is 6.42 Å². The molecule has 1 nitrogen and oxygen atoms in total. The summed E-state index contributed by atoms with van der Waals surface area (Å²) in [6.07, 6.45) is 0.944. The lowest BCUT2D eigenvalue weighted by Crippen LogP contribution is -2.18. The summed E-state index contributed by atoms with van der Waals surface area (Å²) in [5.41, 5.74) is -0.346. The number of rotatable bonds is 5. The molecule has 0 N–H and O–H groups in total. The van der Waals surface area contributed by atoms with Crippen molar-refractivity contribution in [3.8, 4) is 0 Å². The van der Waals surface area contributed by atoms with Gasteiger partial charge in [0.1, 0.15) is 5.56 Å². The summed E-state index contributed by atoms with van der Waals surface area (Å²) in [5.74, 6) is 0.335. The highest BCUT2D eigenvalue weighted by molar-refractivity contribution is 6.49. The van der Waals surface area contributed by atoms with Crippen molar-refractivity contribution in [2.75, 3.05) is 5.88 Å². The highest BCUT2D eigenvalue weighted by Crippen LogP contribution is 2.04. The SMILES string of the molecule is CCC(Cl)[SiH2]OC(Cl)CCl. The van der Waals surface area contributed by atoms with Crippen LogP contribution in [0.1, 0.15) is 13.3 Å². The predicted molar refractivity (Wildman–Crippen MR) is 49.9 cm³/mol. The van der Waals surface area contributed by atoms with E-state index in [9.17, 15) is 0 Å². The molecule has 0 aliphatic heterocycles. The molecule has 0 saturated carbocycles. The lowest BCUT2D eigenvalue weighted by Gasteiger charge is -2.09. The minimum absolute atomic E-state index is 0.185. The Hall–Kier alpha value is 1.05. The van der Waals surface area contributed by atoms with Crippen molar-refractivity contribution in [1.82, 2.24) is 0 Å². The maximum atomic E-state index is 5.80. The van der Waals surface area contributed by atoms with Gasteiger partial charge in [0.25, 0.3) is 0 Å². The molecule has 10 heavy (non-hydrogen) atoms. The van der Waals surface area contributed by atoms with Crippen LogP contribution in [-0.2, 0) is 4.43 Å². The summed E-state index contributed by atoms with van der Waals surface area (Å²) in [6, 6.07) is 0. The van der Waals surface area contributed by atoms with Gasteiger partial charge in [-0.2, -0.15) is 0 Å². The van der Waals surface area contributed by atoms with Crippen LogP contribution in [-0.4, -0.2) is 26.2 Å². The van der Waals surface area contributed by atoms with Gasteiger partial charge in [-0.25, -0.2) is 0 Å². The van der Waals surface area contributed by atoms with Crippen LogP contribution in [0.5, 0.6) is 0 Å². The van der Waals surface area contributed by atoms with Gasteiger partial charge in [0, 0.05) is 5.00 Å². The van der Waals surface area contributed by atoms with Crippen LogP contribution in [0.15, 0.2) is 0 Å². The van der Waals surface area contributed by atoms with Crippen molar-refractivity contribution in [2.24, 2.45) is 0 Å². The van der Waals surface area contributed by atoms with Gasteiger partial charge in [-0.3, -0.25) is 0 Å². The third kappa shape index (κ3) is 5.80. The van der Waals surface area contributed by atoms with Gasteiger partial charge in [0.15, 0.2) is 9.76 Å². The Bertz CT molecular complexity index is 73.3. The minimum Gasteiger partial charge on any atom is -0.406 e. The first kappa shape index (κ1) is 11.0. The first-order valence-electron chi connectivity index (χ1n) is 3.16. The normalized spacial score (nSPS) is 18.0. The molecule has 2 atom stereocenters. The van der Waals surface area contributed by atoms with E-state index < -0.39 is 9.76 Å². The summed E-state index contributed by atoms with van der Waals surface area (Å²) in [7, 11) is -0.674. The second-order valence-corrected chi connectivity index (χ2v) is 5.49. The van der Waals surface area contributed by atoms with E-state index in [-0.39, 0.29) is 10.6 Å². The Morgan fingerprint density at radius 1 is 1.50 bits per heavy atom. The van der Waals surface area contributed by atoms with E-state index in [1.165, 1.54) is 0 Å². The first-order chi connectivity index (χ1) is 4.70. The van der Waals surface area contributed by atoms with Crippen LogP contribution in [0.2, 0.25) is 0 Å². The molecule has 5 heteroatoms. The molecular formula is C5H11Cl3OSi. The van der Waals surface area contributed by atoms with Crippen molar-refractivity contribution in [3.63, 3.8) is 0 Å². The Balaban J connectivity index is 3.17. The Morgan fingerprint density at radius 3 is 2.50 bits per heavy atom. The molecular weight excluding hydrogens is 210 g/mol. The zero-order valence-electron chi connectivity index (χ0n) is 5.82. The Morgan fingerprint density at radius 2 is 2.10 bits per heavy atom. The van der Waals surface area contributed by atoms with Crippen molar-refractivity contribution < 1.29 is 4.43 Å². The van der Waals surface area contributed by atoms with Gasteiger partial charge in [0.2, 0.25) is 0 Å². The third-order valence-electron chi connectivity index (χ3n) is 1.02. The Labute approximate surface area is 78.9 Å². The molecule has 0 aliphatic carbocycles. The molecule has 0 amide bonds. The van der Waals surface area contributed by atoms with E-state index in [0.717, 1.165) is 6.42 Å². The average molecular weight is 222 g/mol. The standard InChI is InChI=1S/C5H11Cl3OSi/c1-2-5(8)10-9-4(7)3-6/h4-5H,2-3,10H2,1H3. The molecule has 0 fully saturated rings. The summed E-state index contributed by atoms with van der Waals surface area (Å²) < 4.78 is 5.18. The molecule has 0 bridgehead atoms. The summed E-state index contributed by atoms with van der Waals surface area (Å²) in [5, 5.41) is 0.185. The molecule has 0 saturated heterocycles. The van der Waals surface area contributed by atoms with Crippen LogP contribution in [0.4, 0.5) is 0 Å². The van der Waals surface area contributed by atoms with Crippen LogP contribution in [0.3, 0.4) is 0 Å². The van der Waals surface area contributed by atoms with Gasteiger partial charge < -0.3 is 4.43 Å². The lowest BCUT2D eigenvalue weighted by atomic mass is 10.6. The van der Waals surface area contributed by atoms with Crippen molar-refractivity contribution >= 4 is 44.6 Å². The van der Waals surface area contributed by atoms with E-state index in [2.05, 4.69) is 0 Å². The quantitative estimate of drug-likeness (QED) is 0.509. The molecule has 0 aromatic carbocycles. The molecule has 0 radical (unpaired) electrons. The van der Waals surface area contributed by atoms with E-state index in [1.54, 1.807) is 0 Å². The smallest absolute Gasteiger partial charge is 0.181 e. The van der Waals surface area contributed by atoms with E-state index in [1.807, 2.05) is 6.92 Å². The average Bonchev–Trinajstić information content (AvgIpc) is 1.99. The monoisotopic (exact) mass is 220 g/mol. The maximum absolute atomic E-state index is 5.80. The first-order valence-corrected chi connectivity index (χ1v) is 5.96. The number of hydrogen-bond acceptors (Lipinski definition) is 1. The fourth-order valence-electron chi connectivity index (χ4n) is 0.371. The number of hydrogen-bond donors (Lipinski definition) is 0. The fraction of sp³-hybridized carbons (Fsp3) is 1.00. The highest BCUT2D eigenvalue weighted by Gasteiger charge is 2.06. The van der Waals surface area contributed by atoms with Gasteiger partial charge in [0.05, 0.1) is 5.88 Å². The van der Waals surface area contributed by atoms with Crippen molar-refractivity contribution in [2.45, 2.75) is 23.9 Å². The Kier molecular flexibility index (Phi) is 7.44. The topological polar surface area (TPSA) is 9.23 Å². The molecule has 62 valence electrons. The van der Waals surface area contributed by atoms with Crippen molar-refractivity contribution in [3.05, 3.63) is 0 Å². The molecule has 0 spiro atoms. The molecule has 0 heterocycles. The van der Waals surface area contributed by atoms with Crippen LogP contribution < -0.4 is 0 Å².